The van der Waals surface area contributed by atoms with Gasteiger partial charge in [-0.2, -0.15) is 5.26 Å². The third-order valence-electron chi connectivity index (χ3n) is 5.38. The van der Waals surface area contributed by atoms with Crippen LogP contribution in [-0.4, -0.2) is 29.7 Å². The van der Waals surface area contributed by atoms with Crippen molar-refractivity contribution < 1.29 is 4.79 Å². The number of carbonyl (C=O) groups is 1. The maximum atomic E-state index is 12.4. The van der Waals surface area contributed by atoms with Crippen LogP contribution in [0.3, 0.4) is 0 Å². The van der Waals surface area contributed by atoms with Crippen molar-refractivity contribution in [2.45, 2.75) is 43.6 Å². The summed E-state index contributed by atoms with van der Waals surface area (Å²) in [6.45, 7) is 2.06. The van der Waals surface area contributed by atoms with Crippen molar-refractivity contribution >= 4 is 29.2 Å². The van der Waals surface area contributed by atoms with Crippen LogP contribution in [0.2, 0.25) is 0 Å². The molecule has 0 spiro atoms. The second-order valence-corrected chi connectivity index (χ2v) is 8.25. The number of amides is 1. The molecule has 144 valence electrons. The Labute approximate surface area is 170 Å². The van der Waals surface area contributed by atoms with Crippen LogP contribution < -0.4 is 10.2 Å². The summed E-state index contributed by atoms with van der Waals surface area (Å²) in [5.41, 5.74) is 3.89. The molecule has 2 aromatic rings. The van der Waals surface area contributed by atoms with Crippen LogP contribution in [0.25, 0.3) is 0 Å². The minimum atomic E-state index is -0.0812. The second-order valence-electron chi connectivity index (χ2n) is 7.29. The Morgan fingerprint density at radius 1 is 1.11 bits per heavy atom. The van der Waals surface area contributed by atoms with Gasteiger partial charge in [-0.3, -0.25) is 4.79 Å². The lowest BCUT2D eigenvalue weighted by molar-refractivity contribution is -0.113. The molecule has 1 aromatic heterocycles. The van der Waals surface area contributed by atoms with Gasteiger partial charge in [-0.25, -0.2) is 4.98 Å². The molecule has 1 N–H and O–H groups in total. The van der Waals surface area contributed by atoms with Crippen molar-refractivity contribution in [1.29, 1.82) is 5.26 Å². The van der Waals surface area contributed by atoms with Gasteiger partial charge in [0.1, 0.15) is 16.9 Å². The maximum absolute atomic E-state index is 12.4. The number of benzene rings is 1. The molecule has 1 aromatic carbocycles. The van der Waals surface area contributed by atoms with Crippen molar-refractivity contribution in [1.82, 2.24) is 4.98 Å². The highest BCUT2D eigenvalue weighted by molar-refractivity contribution is 8.00. The number of pyridine rings is 1. The van der Waals surface area contributed by atoms with Crippen molar-refractivity contribution in [2.24, 2.45) is 0 Å². The third-order valence-corrected chi connectivity index (χ3v) is 6.35. The molecule has 6 heteroatoms. The van der Waals surface area contributed by atoms with E-state index >= 15 is 0 Å². The normalized spacial score (nSPS) is 15.8. The highest BCUT2D eigenvalue weighted by Crippen LogP contribution is 2.37. The molecule has 0 bridgehead atoms. The lowest BCUT2D eigenvalue weighted by Gasteiger charge is -2.27. The van der Waals surface area contributed by atoms with E-state index in [4.69, 9.17) is 4.98 Å². The summed E-state index contributed by atoms with van der Waals surface area (Å²) in [6.07, 6.45) is 6.60. The van der Waals surface area contributed by atoms with Gasteiger partial charge in [-0.05, 0) is 61.8 Å². The predicted octanol–water partition coefficient (Wildman–Crippen LogP) is 4.16. The summed E-state index contributed by atoms with van der Waals surface area (Å²) in [4.78, 5) is 19.6. The number of aromatic nitrogens is 1. The number of para-hydroxylation sites is 1. The predicted molar refractivity (Wildman–Crippen MR) is 113 cm³/mol. The number of hydrogen-bond donors (Lipinski definition) is 1. The first kappa shape index (κ1) is 18.8. The molecule has 4 rings (SSSR count). The second kappa shape index (κ2) is 8.66. The average molecular weight is 393 g/mol. The monoisotopic (exact) mass is 392 g/mol. The highest BCUT2D eigenvalue weighted by atomic mass is 32.2. The van der Waals surface area contributed by atoms with E-state index < -0.39 is 0 Å². The standard InChI is InChI=1S/C22H24N4OS/c23-14-19-17-10-4-5-11-18(17)21(26-12-6-7-13-26)25-22(19)28-15-20(27)24-16-8-2-1-3-9-16/h1-3,8-9H,4-7,10-13,15H2,(H,24,27). The number of nitrogens with one attached hydrogen (secondary N) is 1. The lowest BCUT2D eigenvalue weighted by atomic mass is 9.89. The van der Waals surface area contributed by atoms with Gasteiger partial charge in [0, 0.05) is 18.8 Å². The molecule has 2 aliphatic rings. The highest BCUT2D eigenvalue weighted by Gasteiger charge is 2.26. The van der Waals surface area contributed by atoms with E-state index in [-0.39, 0.29) is 11.7 Å². The molecule has 0 radical (unpaired) electrons. The fourth-order valence-corrected chi connectivity index (χ4v) is 4.84. The van der Waals surface area contributed by atoms with E-state index in [0.29, 0.717) is 10.6 Å². The third kappa shape index (κ3) is 4.00. The van der Waals surface area contributed by atoms with E-state index in [1.54, 1.807) is 0 Å². The fraction of sp³-hybridized carbons (Fsp3) is 0.409. The van der Waals surface area contributed by atoms with Crippen molar-refractivity contribution in [2.75, 3.05) is 29.1 Å². The molecule has 1 aliphatic carbocycles. The molecular formula is C22H24N4OS. The van der Waals surface area contributed by atoms with Crippen LogP contribution >= 0.6 is 11.8 Å². The van der Waals surface area contributed by atoms with E-state index in [2.05, 4.69) is 16.3 Å². The molecule has 5 nitrogen and oxygen atoms in total. The zero-order chi connectivity index (χ0) is 19.3. The van der Waals surface area contributed by atoms with Gasteiger partial charge >= 0.3 is 0 Å². The van der Waals surface area contributed by atoms with Gasteiger partial charge in [0.05, 0.1) is 11.3 Å². The molecule has 1 amide bonds. The fourth-order valence-electron chi connectivity index (χ4n) is 4.04. The molecule has 28 heavy (non-hydrogen) atoms. The van der Waals surface area contributed by atoms with Crippen molar-refractivity contribution in [3.8, 4) is 6.07 Å². The number of fused-ring (bicyclic) bond motifs is 1. The van der Waals surface area contributed by atoms with Crippen molar-refractivity contribution in [3.05, 3.63) is 47.0 Å². The molecule has 1 saturated heterocycles. The van der Waals surface area contributed by atoms with E-state index in [0.717, 1.165) is 55.8 Å². The van der Waals surface area contributed by atoms with Crippen molar-refractivity contribution in [3.63, 3.8) is 0 Å². The molecule has 1 aliphatic heterocycles. The number of hydrogen-bond acceptors (Lipinski definition) is 5. The Kier molecular flexibility index (Phi) is 5.82. The number of anilines is 2. The van der Waals surface area contributed by atoms with E-state index in [9.17, 15) is 10.1 Å². The van der Waals surface area contributed by atoms with Crippen LogP contribution in [-0.2, 0) is 17.6 Å². The minimum absolute atomic E-state index is 0.0812. The van der Waals surface area contributed by atoms with E-state index in [1.165, 1.54) is 30.2 Å². The molecule has 2 heterocycles. The summed E-state index contributed by atoms with van der Waals surface area (Å²) >= 11 is 1.37. The lowest BCUT2D eigenvalue weighted by Crippen LogP contribution is -2.24. The van der Waals surface area contributed by atoms with Gasteiger partial charge < -0.3 is 10.2 Å². The SMILES string of the molecule is N#Cc1c(SCC(=O)Nc2ccccc2)nc(N2CCCC2)c2c1CCCC2. The van der Waals surface area contributed by atoms with Crippen LogP contribution in [0.4, 0.5) is 11.5 Å². The molecule has 1 fully saturated rings. The van der Waals surface area contributed by atoms with Gasteiger partial charge in [-0.15, -0.1) is 0 Å². The Morgan fingerprint density at radius 2 is 1.82 bits per heavy atom. The number of thioether (sulfide) groups is 1. The largest absolute Gasteiger partial charge is 0.356 e. The van der Waals surface area contributed by atoms with Gasteiger partial charge in [0.25, 0.3) is 0 Å². The molecule has 0 atom stereocenters. The van der Waals surface area contributed by atoms with Gasteiger partial charge in [-0.1, -0.05) is 30.0 Å². The molecule has 0 saturated carbocycles. The Morgan fingerprint density at radius 3 is 2.54 bits per heavy atom. The van der Waals surface area contributed by atoms with Crippen LogP contribution in [0.5, 0.6) is 0 Å². The zero-order valence-corrected chi connectivity index (χ0v) is 16.7. The summed E-state index contributed by atoms with van der Waals surface area (Å²) in [5, 5.41) is 13.4. The van der Waals surface area contributed by atoms with Crippen LogP contribution in [0.1, 0.15) is 42.4 Å². The van der Waals surface area contributed by atoms with Crippen LogP contribution in [0, 0.1) is 11.3 Å². The Hall–Kier alpha value is -2.52. The average Bonchev–Trinajstić information content (AvgIpc) is 3.27. The number of nitrogens with zero attached hydrogens (tertiary/aromatic N) is 3. The topological polar surface area (TPSA) is 69.0 Å². The Balaban J connectivity index is 1.58. The first-order chi connectivity index (χ1) is 13.8. The Bertz CT molecular complexity index is 901. The first-order valence-corrected chi connectivity index (χ1v) is 10.9. The number of nitriles is 1. The van der Waals surface area contributed by atoms with Gasteiger partial charge in [0.15, 0.2) is 0 Å². The first-order valence-electron chi connectivity index (χ1n) is 9.95. The summed E-state index contributed by atoms with van der Waals surface area (Å²) < 4.78 is 0. The van der Waals surface area contributed by atoms with Gasteiger partial charge in [0.2, 0.25) is 5.91 Å². The molecular weight excluding hydrogens is 368 g/mol. The van der Waals surface area contributed by atoms with Crippen LogP contribution in [0.15, 0.2) is 35.4 Å². The number of carbonyl (C=O) groups excluding carboxylic acids is 1. The summed E-state index contributed by atoms with van der Waals surface area (Å²) in [7, 11) is 0. The quantitative estimate of drug-likeness (QED) is 0.774. The number of rotatable bonds is 5. The summed E-state index contributed by atoms with van der Waals surface area (Å²) in [6, 6.07) is 11.8. The smallest absolute Gasteiger partial charge is 0.234 e. The maximum Gasteiger partial charge on any atom is 0.234 e. The zero-order valence-electron chi connectivity index (χ0n) is 15.9. The molecule has 0 unspecified atom stereocenters. The minimum Gasteiger partial charge on any atom is -0.356 e. The van der Waals surface area contributed by atoms with E-state index in [1.807, 2.05) is 30.3 Å². The summed E-state index contributed by atoms with van der Waals surface area (Å²) in [5.74, 6) is 1.22.